The molecule has 1 saturated heterocycles. The predicted octanol–water partition coefficient (Wildman–Crippen LogP) is 2.79. The molecule has 0 aromatic rings. The van der Waals surface area contributed by atoms with E-state index in [1.807, 2.05) is 6.92 Å². The highest BCUT2D eigenvalue weighted by Crippen LogP contribution is 2.45. The van der Waals surface area contributed by atoms with Crippen molar-refractivity contribution in [2.24, 2.45) is 5.92 Å². The Balaban J connectivity index is 1.80. The second-order valence-electron chi connectivity index (χ2n) is 11.0. The fourth-order valence-electron chi connectivity index (χ4n) is 4.94. The highest BCUT2D eigenvalue weighted by molar-refractivity contribution is 5.98. The first-order chi connectivity index (χ1) is 16.6. The second-order valence-corrected chi connectivity index (χ2v) is 11.0. The maximum absolute atomic E-state index is 13.5. The van der Waals surface area contributed by atoms with E-state index in [9.17, 15) is 19.2 Å². The number of hydrogen-bond donors (Lipinski definition) is 3. The molecule has 0 radical (unpaired) electrons. The van der Waals surface area contributed by atoms with Gasteiger partial charge in [-0.25, -0.2) is 4.79 Å². The SMILES string of the molecule is CCCNC(=O)[C@@]12CC1/C=C\CCCCC[C@H](NC(=O)OC(C)(C)C)C(=O)N1CCC[C@H]1C(=O)N2. The zero-order valence-corrected chi connectivity index (χ0v) is 21.7. The number of alkyl carbamates (subject to hydrolysis) is 1. The maximum Gasteiger partial charge on any atom is 0.408 e. The van der Waals surface area contributed by atoms with Crippen molar-refractivity contribution in [3.8, 4) is 0 Å². The minimum absolute atomic E-state index is 0.0411. The van der Waals surface area contributed by atoms with Gasteiger partial charge < -0.3 is 25.6 Å². The lowest BCUT2D eigenvalue weighted by Crippen LogP contribution is -2.58. The molecule has 1 aliphatic carbocycles. The van der Waals surface area contributed by atoms with Gasteiger partial charge in [-0.2, -0.15) is 0 Å². The van der Waals surface area contributed by atoms with Crippen molar-refractivity contribution >= 4 is 23.8 Å². The molecule has 3 N–H and O–H groups in total. The number of allylic oxidation sites excluding steroid dienone is 1. The molecule has 0 bridgehead atoms. The molecule has 4 amide bonds. The largest absolute Gasteiger partial charge is 0.444 e. The number of carbonyl (C=O) groups is 4. The third kappa shape index (κ3) is 6.98. The van der Waals surface area contributed by atoms with Crippen LogP contribution in [-0.2, 0) is 19.1 Å². The summed E-state index contributed by atoms with van der Waals surface area (Å²) in [5.41, 5.74) is -1.63. The number of nitrogens with zero attached hydrogens (tertiary/aromatic N) is 1. The zero-order valence-electron chi connectivity index (χ0n) is 21.7. The Bertz CT molecular complexity index is 836. The molecule has 9 heteroatoms. The lowest BCUT2D eigenvalue weighted by atomic mass is 10.0. The maximum atomic E-state index is 13.5. The van der Waals surface area contributed by atoms with Crippen molar-refractivity contribution in [1.29, 1.82) is 0 Å². The highest BCUT2D eigenvalue weighted by atomic mass is 16.6. The van der Waals surface area contributed by atoms with Crippen molar-refractivity contribution in [3.05, 3.63) is 12.2 Å². The Kier molecular flexibility index (Phi) is 8.83. The fraction of sp³-hybridized carbons (Fsp3) is 0.769. The average Bonchev–Trinajstić information content (AvgIpc) is 3.24. The van der Waals surface area contributed by atoms with Crippen LogP contribution in [0.3, 0.4) is 0 Å². The van der Waals surface area contributed by atoms with Gasteiger partial charge in [0.1, 0.15) is 23.2 Å². The number of hydrogen-bond acceptors (Lipinski definition) is 5. The number of ether oxygens (including phenoxy) is 1. The van der Waals surface area contributed by atoms with Gasteiger partial charge in [0.05, 0.1) is 0 Å². The van der Waals surface area contributed by atoms with Gasteiger partial charge in [0.15, 0.2) is 0 Å². The van der Waals surface area contributed by atoms with Gasteiger partial charge in [0.25, 0.3) is 0 Å². The molecule has 4 atom stereocenters. The smallest absolute Gasteiger partial charge is 0.408 e. The molecule has 2 heterocycles. The highest BCUT2D eigenvalue weighted by Gasteiger charge is 2.60. The van der Waals surface area contributed by atoms with E-state index in [1.54, 1.807) is 25.7 Å². The zero-order chi connectivity index (χ0) is 25.6. The summed E-state index contributed by atoms with van der Waals surface area (Å²) < 4.78 is 5.38. The summed E-state index contributed by atoms with van der Waals surface area (Å²) in [6.45, 7) is 8.31. The van der Waals surface area contributed by atoms with Gasteiger partial charge in [-0.15, -0.1) is 0 Å². The quantitative estimate of drug-likeness (QED) is 0.524. The lowest BCUT2D eigenvalue weighted by molar-refractivity contribution is -0.141. The van der Waals surface area contributed by atoms with Gasteiger partial charge in [0.2, 0.25) is 17.7 Å². The van der Waals surface area contributed by atoms with Gasteiger partial charge >= 0.3 is 6.09 Å². The van der Waals surface area contributed by atoms with E-state index in [0.29, 0.717) is 38.8 Å². The Hall–Kier alpha value is -2.58. The normalized spacial score (nSPS) is 30.6. The van der Waals surface area contributed by atoms with Crippen molar-refractivity contribution in [1.82, 2.24) is 20.9 Å². The third-order valence-electron chi connectivity index (χ3n) is 6.86. The number of fused-ring (bicyclic) bond motifs is 2. The van der Waals surface area contributed by atoms with E-state index >= 15 is 0 Å². The molecule has 35 heavy (non-hydrogen) atoms. The number of nitrogens with one attached hydrogen (secondary N) is 3. The van der Waals surface area contributed by atoms with Crippen LogP contribution < -0.4 is 16.0 Å². The number of amides is 4. The van der Waals surface area contributed by atoms with Crippen LogP contribution in [0, 0.1) is 5.92 Å². The Labute approximate surface area is 208 Å². The molecule has 196 valence electrons. The van der Waals surface area contributed by atoms with E-state index in [1.165, 1.54) is 0 Å². The molecule has 9 nitrogen and oxygen atoms in total. The molecule has 2 fully saturated rings. The standard InChI is InChI=1S/C26H42N4O5/c1-5-15-27-23(33)26-17-18(26)12-9-7-6-8-10-13-19(28-24(34)35-25(2,3)4)22(32)30-16-11-14-20(30)21(31)29-26/h9,12,18-20H,5-8,10-11,13-17H2,1-4H3,(H,27,33)(H,28,34)(H,29,31)/b12-9-/t18?,19-,20-,26+/m0/s1. The first kappa shape index (κ1) is 27.0. The summed E-state index contributed by atoms with van der Waals surface area (Å²) in [6, 6.07) is -1.41. The molecule has 3 rings (SSSR count). The first-order valence-electron chi connectivity index (χ1n) is 13.1. The van der Waals surface area contributed by atoms with Crippen LogP contribution >= 0.6 is 0 Å². The molecule has 0 spiro atoms. The molecule has 2 aliphatic heterocycles. The second kappa shape index (κ2) is 11.4. The molecular formula is C26H42N4O5. The van der Waals surface area contributed by atoms with Gasteiger partial charge in [0, 0.05) is 19.0 Å². The molecule has 1 unspecified atom stereocenters. The fourth-order valence-corrected chi connectivity index (χ4v) is 4.94. The van der Waals surface area contributed by atoms with E-state index < -0.39 is 29.3 Å². The van der Waals surface area contributed by atoms with Crippen LogP contribution in [0.25, 0.3) is 0 Å². The van der Waals surface area contributed by atoms with Crippen LogP contribution in [0.15, 0.2) is 12.2 Å². The minimum atomic E-state index is -0.950. The average molecular weight is 491 g/mol. The first-order valence-corrected chi connectivity index (χ1v) is 13.1. The van der Waals surface area contributed by atoms with Crippen LogP contribution in [0.5, 0.6) is 0 Å². The predicted molar refractivity (Wildman–Crippen MR) is 132 cm³/mol. The van der Waals surface area contributed by atoms with Gasteiger partial charge in [-0.1, -0.05) is 31.9 Å². The summed E-state index contributed by atoms with van der Waals surface area (Å²) in [6.07, 6.45) is 10.1. The number of carbonyl (C=O) groups excluding carboxylic acids is 4. The van der Waals surface area contributed by atoms with Crippen molar-refractivity contribution in [2.75, 3.05) is 13.1 Å². The Morgan fingerprint density at radius 2 is 1.94 bits per heavy atom. The molecule has 3 aliphatic rings. The third-order valence-corrected chi connectivity index (χ3v) is 6.86. The minimum Gasteiger partial charge on any atom is -0.444 e. The summed E-state index contributed by atoms with van der Waals surface area (Å²) in [5.74, 6) is -0.768. The molecule has 0 aromatic carbocycles. The number of rotatable bonds is 4. The van der Waals surface area contributed by atoms with Crippen LogP contribution in [0.1, 0.15) is 85.5 Å². The van der Waals surface area contributed by atoms with Crippen molar-refractivity contribution in [3.63, 3.8) is 0 Å². The monoisotopic (exact) mass is 490 g/mol. The van der Waals surface area contributed by atoms with E-state index in [4.69, 9.17) is 4.74 Å². The van der Waals surface area contributed by atoms with Gasteiger partial charge in [-0.3, -0.25) is 14.4 Å². The van der Waals surface area contributed by atoms with Crippen LogP contribution in [0.4, 0.5) is 4.79 Å². The van der Waals surface area contributed by atoms with E-state index in [0.717, 1.165) is 32.1 Å². The molecule has 0 aromatic heterocycles. The van der Waals surface area contributed by atoms with Crippen LogP contribution in [-0.4, -0.2) is 65.0 Å². The summed E-state index contributed by atoms with van der Waals surface area (Å²) in [7, 11) is 0. The topological polar surface area (TPSA) is 117 Å². The van der Waals surface area contributed by atoms with Crippen molar-refractivity contribution < 1.29 is 23.9 Å². The summed E-state index contributed by atoms with van der Waals surface area (Å²) in [5, 5.41) is 8.70. The lowest BCUT2D eigenvalue weighted by Gasteiger charge is -2.30. The van der Waals surface area contributed by atoms with E-state index in [-0.39, 0.29) is 23.6 Å². The summed E-state index contributed by atoms with van der Waals surface area (Å²) >= 11 is 0. The van der Waals surface area contributed by atoms with Gasteiger partial charge in [-0.05, 0) is 65.7 Å². The Morgan fingerprint density at radius 3 is 2.66 bits per heavy atom. The summed E-state index contributed by atoms with van der Waals surface area (Å²) in [4.78, 5) is 54.0. The molecule has 1 saturated carbocycles. The Morgan fingerprint density at radius 1 is 1.17 bits per heavy atom. The van der Waals surface area contributed by atoms with E-state index in [2.05, 4.69) is 28.1 Å². The van der Waals surface area contributed by atoms with Crippen LogP contribution in [0.2, 0.25) is 0 Å². The molecular weight excluding hydrogens is 448 g/mol. The van der Waals surface area contributed by atoms with Crippen molar-refractivity contribution in [2.45, 2.75) is 109 Å².